The second-order valence-electron chi connectivity index (χ2n) is 13.8. The highest BCUT2D eigenvalue weighted by atomic mass is 14.4. The van der Waals surface area contributed by atoms with Gasteiger partial charge in [0, 0.05) is 10.8 Å². The highest BCUT2D eigenvalue weighted by molar-refractivity contribution is 5.89. The highest BCUT2D eigenvalue weighted by Crippen LogP contribution is 2.54. The molecule has 214 valence electrons. The Morgan fingerprint density at radius 3 is 1.80 bits per heavy atom. The summed E-state index contributed by atoms with van der Waals surface area (Å²) in [6, 6.07) is 48.3. The molecule has 44 heavy (non-hydrogen) atoms. The first-order valence-electron chi connectivity index (χ1n) is 15.9. The van der Waals surface area contributed by atoms with E-state index in [9.17, 15) is 0 Å². The second kappa shape index (κ2) is 9.66. The summed E-state index contributed by atoms with van der Waals surface area (Å²) in [4.78, 5) is 0. The van der Waals surface area contributed by atoms with Crippen molar-refractivity contribution in [1.82, 2.24) is 0 Å². The van der Waals surface area contributed by atoms with Crippen LogP contribution >= 0.6 is 0 Å². The lowest BCUT2D eigenvalue weighted by molar-refractivity contribution is 0.583. The van der Waals surface area contributed by atoms with E-state index >= 15 is 0 Å². The van der Waals surface area contributed by atoms with Crippen molar-refractivity contribution < 1.29 is 0 Å². The third kappa shape index (κ3) is 3.97. The molecular formula is C44H38. The van der Waals surface area contributed by atoms with Gasteiger partial charge in [0.25, 0.3) is 0 Å². The lowest BCUT2D eigenvalue weighted by atomic mass is 9.74. The van der Waals surface area contributed by atoms with E-state index in [1.54, 1.807) is 0 Å². The summed E-state index contributed by atoms with van der Waals surface area (Å²) in [5, 5.41) is 0. The molecule has 0 bridgehead atoms. The zero-order valence-corrected chi connectivity index (χ0v) is 26.3. The monoisotopic (exact) mass is 566 g/mol. The molecule has 2 aliphatic carbocycles. The van der Waals surface area contributed by atoms with Gasteiger partial charge in [0.05, 0.1) is 0 Å². The van der Waals surface area contributed by atoms with Crippen LogP contribution in [0.4, 0.5) is 0 Å². The molecule has 0 saturated carbocycles. The molecule has 0 heteroatoms. The summed E-state index contributed by atoms with van der Waals surface area (Å²) in [6.07, 6.45) is 0.953. The van der Waals surface area contributed by atoms with E-state index in [0.29, 0.717) is 0 Å². The van der Waals surface area contributed by atoms with Crippen LogP contribution in [0.25, 0.3) is 44.5 Å². The van der Waals surface area contributed by atoms with Crippen LogP contribution in [-0.2, 0) is 17.3 Å². The summed E-state index contributed by atoms with van der Waals surface area (Å²) in [5.74, 6) is 0. The zero-order chi connectivity index (χ0) is 30.2. The molecule has 0 nitrogen and oxygen atoms in total. The minimum Gasteiger partial charge on any atom is -0.0619 e. The van der Waals surface area contributed by atoms with Gasteiger partial charge in [-0.1, -0.05) is 153 Å². The molecule has 1 atom stereocenters. The second-order valence-corrected chi connectivity index (χ2v) is 13.8. The lowest BCUT2D eigenvalue weighted by Crippen LogP contribution is -2.24. The smallest absolute Gasteiger partial charge is 0.0227 e. The Hall–Kier alpha value is -4.68. The highest BCUT2D eigenvalue weighted by Gasteiger charge is 2.41. The largest absolute Gasteiger partial charge is 0.0619 e. The van der Waals surface area contributed by atoms with Gasteiger partial charge >= 0.3 is 0 Å². The molecule has 6 aromatic rings. The van der Waals surface area contributed by atoms with Gasteiger partial charge in [0.15, 0.2) is 0 Å². The summed E-state index contributed by atoms with van der Waals surface area (Å²) >= 11 is 0. The fourth-order valence-corrected chi connectivity index (χ4v) is 8.13. The van der Waals surface area contributed by atoms with Gasteiger partial charge < -0.3 is 0 Å². The average Bonchev–Trinajstić information content (AvgIpc) is 3.42. The van der Waals surface area contributed by atoms with Crippen LogP contribution in [0.5, 0.6) is 0 Å². The number of hydrogen-bond acceptors (Lipinski definition) is 0. The van der Waals surface area contributed by atoms with Gasteiger partial charge in [-0.3, -0.25) is 0 Å². The molecule has 8 rings (SSSR count). The van der Waals surface area contributed by atoms with E-state index in [1.807, 2.05) is 0 Å². The van der Waals surface area contributed by atoms with Gasteiger partial charge in [-0.2, -0.15) is 0 Å². The van der Waals surface area contributed by atoms with Gasteiger partial charge in [-0.15, -0.1) is 0 Å². The van der Waals surface area contributed by atoms with Crippen molar-refractivity contribution in [3.8, 4) is 44.5 Å². The van der Waals surface area contributed by atoms with Crippen molar-refractivity contribution in [2.45, 2.75) is 51.9 Å². The van der Waals surface area contributed by atoms with Crippen molar-refractivity contribution in [3.05, 3.63) is 166 Å². The molecule has 1 unspecified atom stereocenters. The average molecular weight is 567 g/mol. The molecule has 0 aromatic heterocycles. The topological polar surface area (TPSA) is 0 Å². The lowest BCUT2D eigenvalue weighted by Gasteiger charge is -2.29. The minimum absolute atomic E-state index is 0.0654. The standard InChI is InChI=1S/C44H38/c1-28-13-18-31(19-14-28)33-22-23-36-35-9-6-7-12-40(35)44(5,41(36)26-33)27-30-17-24-39-38(25-30)37-11-8-10-34(42(37)43(39,3)4)32-20-15-29(2)16-21-32/h6-26H,27H2,1-5H3. The van der Waals surface area contributed by atoms with E-state index in [-0.39, 0.29) is 10.8 Å². The summed E-state index contributed by atoms with van der Waals surface area (Å²) in [6.45, 7) is 11.6. The van der Waals surface area contributed by atoms with E-state index in [1.165, 1.54) is 83.5 Å². The number of fused-ring (bicyclic) bond motifs is 6. The molecule has 2 aliphatic rings. The normalized spacial score (nSPS) is 17.1. The predicted molar refractivity (Wildman–Crippen MR) is 186 cm³/mol. The number of rotatable bonds is 4. The summed E-state index contributed by atoms with van der Waals surface area (Å²) in [7, 11) is 0. The van der Waals surface area contributed by atoms with Crippen LogP contribution in [0.2, 0.25) is 0 Å². The van der Waals surface area contributed by atoms with Gasteiger partial charge in [-0.25, -0.2) is 0 Å². The number of hydrogen-bond donors (Lipinski definition) is 0. The van der Waals surface area contributed by atoms with Crippen LogP contribution < -0.4 is 0 Å². The third-order valence-electron chi connectivity index (χ3n) is 10.5. The van der Waals surface area contributed by atoms with Gasteiger partial charge in [-0.05, 0) is 98.7 Å². The van der Waals surface area contributed by atoms with Crippen molar-refractivity contribution in [2.75, 3.05) is 0 Å². The Balaban J connectivity index is 1.24. The number of benzene rings is 6. The Labute approximate surface area is 262 Å². The fraction of sp³-hybridized carbons (Fsp3) is 0.182. The first-order chi connectivity index (χ1) is 21.2. The SMILES string of the molecule is Cc1ccc(-c2ccc3c(c2)C(C)(Cc2ccc4c(c2)-c2cccc(-c5ccc(C)cc5)c2C4(C)C)c2ccccc2-3)cc1. The van der Waals surface area contributed by atoms with Crippen molar-refractivity contribution in [1.29, 1.82) is 0 Å². The maximum absolute atomic E-state index is 2.50. The Morgan fingerprint density at radius 2 is 1.05 bits per heavy atom. The van der Waals surface area contributed by atoms with Crippen LogP contribution in [0, 0.1) is 13.8 Å². The molecule has 6 aromatic carbocycles. The van der Waals surface area contributed by atoms with Crippen molar-refractivity contribution >= 4 is 0 Å². The molecule has 0 amide bonds. The van der Waals surface area contributed by atoms with Crippen molar-refractivity contribution in [2.24, 2.45) is 0 Å². The molecule has 0 radical (unpaired) electrons. The van der Waals surface area contributed by atoms with Gasteiger partial charge in [0.2, 0.25) is 0 Å². The molecule has 0 heterocycles. The minimum atomic E-state index is -0.123. The number of aryl methyl sites for hydroxylation is 2. The maximum atomic E-state index is 2.50. The van der Waals surface area contributed by atoms with Crippen molar-refractivity contribution in [3.63, 3.8) is 0 Å². The third-order valence-corrected chi connectivity index (χ3v) is 10.5. The quantitative estimate of drug-likeness (QED) is 0.199. The molecule has 0 fully saturated rings. The predicted octanol–water partition coefficient (Wildman–Crippen LogP) is 11.5. The van der Waals surface area contributed by atoms with Crippen LogP contribution in [0.3, 0.4) is 0 Å². The van der Waals surface area contributed by atoms with Crippen LogP contribution in [-0.4, -0.2) is 0 Å². The maximum Gasteiger partial charge on any atom is 0.0227 e. The van der Waals surface area contributed by atoms with Gasteiger partial charge in [0.1, 0.15) is 0 Å². The van der Waals surface area contributed by atoms with E-state index in [2.05, 4.69) is 162 Å². The fourth-order valence-electron chi connectivity index (χ4n) is 8.13. The molecule has 0 aliphatic heterocycles. The first kappa shape index (κ1) is 26.9. The summed E-state index contributed by atoms with van der Waals surface area (Å²) in [5.41, 5.74) is 20.2. The zero-order valence-electron chi connectivity index (χ0n) is 26.3. The first-order valence-corrected chi connectivity index (χ1v) is 15.9. The molecule has 0 spiro atoms. The van der Waals surface area contributed by atoms with E-state index in [4.69, 9.17) is 0 Å². The Kier molecular flexibility index (Phi) is 5.91. The summed E-state index contributed by atoms with van der Waals surface area (Å²) < 4.78 is 0. The van der Waals surface area contributed by atoms with Crippen LogP contribution in [0.15, 0.2) is 127 Å². The van der Waals surface area contributed by atoms with E-state index in [0.717, 1.165) is 6.42 Å². The Bertz CT molecular complexity index is 2070. The van der Waals surface area contributed by atoms with E-state index < -0.39 is 0 Å². The Morgan fingerprint density at radius 1 is 0.432 bits per heavy atom. The van der Waals surface area contributed by atoms with Crippen LogP contribution in [0.1, 0.15) is 59.7 Å². The molecule has 0 saturated heterocycles. The molecule has 0 N–H and O–H groups in total. The molecular weight excluding hydrogens is 528 g/mol.